The first-order chi connectivity index (χ1) is 21.1. The standard InChI is InChI=1S/C36H58O10/c1-20(37)41-23-12-16-33(8)25(44-31(23,4)5)13-17-34(9)29(33)27(42-21(2)38)28(43-22(3)39)30(34)35(10,40)18-14-26-36(11)19-15-24(46-36)32(6,7)45-26/h23-30,40H,12-19H2,1-11H3/t23-,24-,25+,26+,27+,28+,29+,30+,33-,34+,35+,36+/m1/s1. The molecule has 0 unspecified atom stereocenters. The Labute approximate surface area is 274 Å². The Morgan fingerprint density at radius 1 is 0.717 bits per heavy atom. The smallest absolute Gasteiger partial charge is 0.303 e. The lowest BCUT2D eigenvalue weighted by Gasteiger charge is -2.56. The second-order valence-corrected chi connectivity index (χ2v) is 17.1. The zero-order chi connectivity index (χ0) is 34.3. The number of ether oxygens (including phenoxy) is 6. The summed E-state index contributed by atoms with van der Waals surface area (Å²) >= 11 is 0. The number of carbonyl (C=O) groups is 3. The lowest BCUT2D eigenvalue weighted by molar-refractivity contribution is -0.269. The van der Waals surface area contributed by atoms with E-state index in [1.165, 1.54) is 20.8 Å². The molecule has 2 saturated carbocycles. The quantitative estimate of drug-likeness (QED) is 0.281. The third-order valence-electron chi connectivity index (χ3n) is 12.7. The number of hydrogen-bond donors (Lipinski definition) is 1. The van der Waals surface area contributed by atoms with Crippen LogP contribution in [0.5, 0.6) is 0 Å². The van der Waals surface area contributed by atoms with Crippen molar-refractivity contribution in [2.45, 2.75) is 187 Å². The van der Waals surface area contributed by atoms with E-state index in [0.29, 0.717) is 38.5 Å². The van der Waals surface area contributed by atoms with Gasteiger partial charge in [0.2, 0.25) is 0 Å². The molecule has 10 nitrogen and oxygen atoms in total. The van der Waals surface area contributed by atoms with Crippen molar-refractivity contribution in [3.8, 4) is 0 Å². The number of aliphatic hydroxyl groups is 1. The van der Waals surface area contributed by atoms with E-state index in [1.54, 1.807) is 0 Å². The van der Waals surface area contributed by atoms with Crippen LogP contribution in [-0.2, 0) is 42.8 Å². The molecule has 0 radical (unpaired) electrons. The van der Waals surface area contributed by atoms with Crippen LogP contribution in [0.4, 0.5) is 0 Å². The van der Waals surface area contributed by atoms with Gasteiger partial charge in [0, 0.05) is 38.0 Å². The van der Waals surface area contributed by atoms with Gasteiger partial charge in [0.25, 0.3) is 0 Å². The third kappa shape index (κ3) is 6.02. The molecule has 12 atom stereocenters. The molecule has 1 N–H and O–H groups in total. The predicted octanol–water partition coefficient (Wildman–Crippen LogP) is 5.44. The number of carbonyl (C=O) groups excluding carboxylic acids is 3. The Bertz CT molecular complexity index is 1210. The molecule has 3 aliphatic heterocycles. The number of hydrogen-bond acceptors (Lipinski definition) is 10. The van der Waals surface area contributed by atoms with Gasteiger partial charge in [-0.05, 0) is 98.3 Å². The van der Waals surface area contributed by atoms with E-state index in [4.69, 9.17) is 28.4 Å². The van der Waals surface area contributed by atoms with E-state index >= 15 is 0 Å². The van der Waals surface area contributed by atoms with E-state index in [-0.39, 0.29) is 30.2 Å². The minimum Gasteiger partial charge on any atom is -0.460 e. The number of rotatable bonds is 7. The molecule has 0 aromatic rings. The van der Waals surface area contributed by atoms with Crippen molar-refractivity contribution in [1.29, 1.82) is 0 Å². The molecule has 262 valence electrons. The molecule has 0 aromatic heterocycles. The maximum Gasteiger partial charge on any atom is 0.303 e. The van der Waals surface area contributed by atoms with Crippen molar-refractivity contribution in [3.63, 3.8) is 0 Å². The fourth-order valence-corrected chi connectivity index (χ4v) is 10.7. The van der Waals surface area contributed by atoms with Crippen LogP contribution >= 0.6 is 0 Å². The zero-order valence-corrected chi connectivity index (χ0v) is 29.9. The van der Waals surface area contributed by atoms with Gasteiger partial charge in [0.15, 0.2) is 0 Å². The van der Waals surface area contributed by atoms with Crippen LogP contribution in [0.15, 0.2) is 0 Å². The summed E-state index contributed by atoms with van der Waals surface area (Å²) in [6.45, 7) is 20.4. The maximum absolute atomic E-state index is 12.7. The van der Waals surface area contributed by atoms with Crippen molar-refractivity contribution < 1.29 is 47.9 Å². The normalized spacial score (nSPS) is 45.4. The maximum atomic E-state index is 12.7. The highest BCUT2D eigenvalue weighted by Gasteiger charge is 2.72. The van der Waals surface area contributed by atoms with Gasteiger partial charge in [0.05, 0.1) is 40.7 Å². The summed E-state index contributed by atoms with van der Waals surface area (Å²) in [6, 6.07) is 0. The molecule has 0 aromatic carbocycles. The van der Waals surface area contributed by atoms with Crippen LogP contribution < -0.4 is 0 Å². The van der Waals surface area contributed by atoms with E-state index in [0.717, 1.165) is 12.8 Å². The van der Waals surface area contributed by atoms with Gasteiger partial charge in [-0.15, -0.1) is 0 Å². The average Bonchev–Trinajstić information content (AvgIpc) is 3.37. The summed E-state index contributed by atoms with van der Waals surface area (Å²) < 4.78 is 38.0. The molecule has 46 heavy (non-hydrogen) atoms. The van der Waals surface area contributed by atoms with Crippen molar-refractivity contribution >= 4 is 17.9 Å². The molecule has 5 fully saturated rings. The van der Waals surface area contributed by atoms with Gasteiger partial charge in [-0.25, -0.2) is 0 Å². The summed E-state index contributed by atoms with van der Waals surface area (Å²) in [6.07, 6.45) is 2.83. The first-order valence-electron chi connectivity index (χ1n) is 17.3. The Balaban J connectivity index is 1.52. The summed E-state index contributed by atoms with van der Waals surface area (Å²) in [5.41, 5.74) is -4.03. The van der Waals surface area contributed by atoms with Crippen molar-refractivity contribution in [3.05, 3.63) is 0 Å². The Kier molecular flexibility index (Phi) is 9.04. The molecule has 2 bridgehead atoms. The van der Waals surface area contributed by atoms with Crippen LogP contribution in [0.2, 0.25) is 0 Å². The Hall–Kier alpha value is -1.75. The Morgan fingerprint density at radius 2 is 1.28 bits per heavy atom. The minimum absolute atomic E-state index is 0.0461. The Morgan fingerprint density at radius 3 is 1.89 bits per heavy atom. The molecule has 0 amide bonds. The van der Waals surface area contributed by atoms with E-state index in [2.05, 4.69) is 34.6 Å². The monoisotopic (exact) mass is 650 g/mol. The predicted molar refractivity (Wildman–Crippen MR) is 169 cm³/mol. The SMILES string of the molecule is CC(=O)O[C@H]1[C@H](OC(C)=O)[C@H]([C@@](C)(O)CC[C@@H]2OC(C)(C)[C@H]3CC[C@]2(C)O3)[C@@]2(C)CC[C@@H]3OC(C)(C)[C@H](OC(C)=O)CC[C@@]3(C)[C@H]12. The van der Waals surface area contributed by atoms with E-state index in [1.807, 2.05) is 20.8 Å². The van der Waals surface area contributed by atoms with Crippen molar-refractivity contribution in [2.75, 3.05) is 0 Å². The molecule has 3 saturated heterocycles. The molecule has 5 rings (SSSR count). The largest absolute Gasteiger partial charge is 0.460 e. The third-order valence-corrected chi connectivity index (χ3v) is 12.7. The van der Waals surface area contributed by atoms with Crippen LogP contribution in [-0.4, -0.2) is 82.0 Å². The highest BCUT2D eigenvalue weighted by molar-refractivity contribution is 5.68. The van der Waals surface area contributed by atoms with E-state index in [9.17, 15) is 19.5 Å². The average molecular weight is 651 g/mol. The first-order valence-corrected chi connectivity index (χ1v) is 17.3. The first kappa shape index (κ1) is 35.6. The molecular weight excluding hydrogens is 592 g/mol. The second-order valence-electron chi connectivity index (χ2n) is 17.1. The van der Waals surface area contributed by atoms with Gasteiger partial charge >= 0.3 is 17.9 Å². The zero-order valence-electron chi connectivity index (χ0n) is 29.9. The number of fused-ring (bicyclic) bond motifs is 5. The molecule has 2 aliphatic carbocycles. The molecular formula is C36H58O10. The number of esters is 3. The van der Waals surface area contributed by atoms with Gasteiger partial charge in [-0.3, -0.25) is 14.4 Å². The fourth-order valence-electron chi connectivity index (χ4n) is 10.7. The van der Waals surface area contributed by atoms with Gasteiger partial charge < -0.3 is 33.5 Å². The molecule has 0 spiro atoms. The topological polar surface area (TPSA) is 127 Å². The second kappa shape index (κ2) is 11.7. The van der Waals surface area contributed by atoms with E-state index < -0.39 is 69.4 Å². The summed E-state index contributed by atoms with van der Waals surface area (Å²) in [7, 11) is 0. The summed E-state index contributed by atoms with van der Waals surface area (Å²) in [4.78, 5) is 37.5. The van der Waals surface area contributed by atoms with Crippen LogP contribution in [0.1, 0.15) is 128 Å². The molecule has 3 heterocycles. The van der Waals surface area contributed by atoms with Crippen LogP contribution in [0, 0.1) is 22.7 Å². The summed E-state index contributed by atoms with van der Waals surface area (Å²) in [5, 5.41) is 12.6. The fraction of sp³-hybridized carbons (Fsp3) is 0.917. The molecule has 10 heteroatoms. The highest BCUT2D eigenvalue weighted by Crippen LogP contribution is 2.68. The van der Waals surface area contributed by atoms with Gasteiger partial charge in [-0.1, -0.05) is 13.8 Å². The highest BCUT2D eigenvalue weighted by atomic mass is 16.6. The minimum atomic E-state index is -1.31. The van der Waals surface area contributed by atoms with Crippen molar-refractivity contribution in [1.82, 2.24) is 0 Å². The van der Waals surface area contributed by atoms with Gasteiger partial charge in [-0.2, -0.15) is 0 Å². The summed E-state index contributed by atoms with van der Waals surface area (Å²) in [5.74, 6) is -2.17. The van der Waals surface area contributed by atoms with Crippen molar-refractivity contribution in [2.24, 2.45) is 22.7 Å². The lowest BCUT2D eigenvalue weighted by atomic mass is 9.51. The lowest BCUT2D eigenvalue weighted by Crippen LogP contribution is -2.58. The molecule has 5 aliphatic rings. The van der Waals surface area contributed by atoms with Crippen LogP contribution in [0.3, 0.4) is 0 Å². The van der Waals surface area contributed by atoms with Crippen LogP contribution in [0.25, 0.3) is 0 Å². The van der Waals surface area contributed by atoms with Gasteiger partial charge in [0.1, 0.15) is 18.3 Å².